The Bertz CT molecular complexity index is 804. The summed E-state index contributed by atoms with van der Waals surface area (Å²) in [6.07, 6.45) is 1.27. The molecule has 1 aromatic carbocycles. The van der Waals surface area contributed by atoms with Gasteiger partial charge < -0.3 is 18.8 Å². The van der Waals surface area contributed by atoms with Crippen molar-refractivity contribution < 1.29 is 23.4 Å². The summed E-state index contributed by atoms with van der Waals surface area (Å²) in [6.45, 7) is 3.34. The number of rotatable bonds is 8. The minimum absolute atomic E-state index is 0.117. The number of carbonyl (C=O) groups is 1. The predicted octanol–water partition coefficient (Wildman–Crippen LogP) is 2.80. The van der Waals surface area contributed by atoms with E-state index in [2.05, 4.69) is 16.8 Å². The van der Waals surface area contributed by atoms with Gasteiger partial charge in [0.2, 0.25) is 5.95 Å². The van der Waals surface area contributed by atoms with Crippen LogP contribution in [0.5, 0.6) is 0 Å². The van der Waals surface area contributed by atoms with Gasteiger partial charge in [0.15, 0.2) is 5.69 Å². The Balaban J connectivity index is 2.44. The normalized spacial score (nSPS) is 12.3. The average molecular weight is 360 g/mol. The van der Waals surface area contributed by atoms with Crippen LogP contribution in [0.25, 0.3) is 0 Å². The first-order chi connectivity index (χ1) is 12.5. The Kier molecular flexibility index (Phi) is 6.64. The zero-order valence-electron chi connectivity index (χ0n) is 15.2. The van der Waals surface area contributed by atoms with Crippen LogP contribution < -0.4 is 0 Å². The van der Waals surface area contributed by atoms with Crippen molar-refractivity contribution in [1.29, 1.82) is 0 Å². The highest BCUT2D eigenvalue weighted by molar-refractivity contribution is 5.99. The van der Waals surface area contributed by atoms with E-state index in [4.69, 9.17) is 14.2 Å². The van der Waals surface area contributed by atoms with Gasteiger partial charge in [-0.05, 0) is 19.4 Å². The Morgan fingerprint density at radius 1 is 1.31 bits per heavy atom. The summed E-state index contributed by atoms with van der Waals surface area (Å²) in [5.41, 5.74) is 0.590. The first-order valence-corrected chi connectivity index (χ1v) is 7.96. The summed E-state index contributed by atoms with van der Waals surface area (Å²) in [5, 5.41) is 0. The molecule has 1 atom stereocenters. The second-order valence-electron chi connectivity index (χ2n) is 5.39. The van der Waals surface area contributed by atoms with E-state index in [1.54, 1.807) is 6.92 Å². The highest BCUT2D eigenvalue weighted by Crippen LogP contribution is 2.26. The van der Waals surface area contributed by atoms with Crippen LogP contribution in [0.2, 0.25) is 0 Å². The molecule has 0 aliphatic heterocycles. The first-order valence-electron chi connectivity index (χ1n) is 7.96. The predicted molar refractivity (Wildman–Crippen MR) is 92.9 cm³/mol. The zero-order valence-corrected chi connectivity index (χ0v) is 15.2. The molecule has 0 saturated heterocycles. The molecule has 1 aromatic heterocycles. The maximum atomic E-state index is 14.4. The average Bonchev–Trinajstić information content (AvgIpc) is 3.06. The maximum absolute atomic E-state index is 14.4. The molecule has 0 aliphatic carbocycles. The molecule has 0 saturated carbocycles. The quantitative estimate of drug-likeness (QED) is 0.412. The van der Waals surface area contributed by atoms with E-state index in [1.165, 1.54) is 25.1 Å². The molecule has 6 nitrogen and oxygen atoms in total. The van der Waals surface area contributed by atoms with Crippen molar-refractivity contribution in [3.63, 3.8) is 0 Å². The van der Waals surface area contributed by atoms with Crippen LogP contribution >= 0.6 is 0 Å². The van der Waals surface area contributed by atoms with Crippen molar-refractivity contribution in [2.75, 3.05) is 20.8 Å². The lowest BCUT2D eigenvalue weighted by Gasteiger charge is -2.28. The van der Waals surface area contributed by atoms with Gasteiger partial charge in [-0.25, -0.2) is 4.98 Å². The third-order valence-electron chi connectivity index (χ3n) is 3.99. The van der Waals surface area contributed by atoms with Crippen molar-refractivity contribution in [2.24, 2.45) is 0 Å². The number of Topliss-reactive ketones (excluding diaryl/α,β-unsaturated/α-hetero) is 1. The Hall–Kier alpha value is -2.53. The van der Waals surface area contributed by atoms with Gasteiger partial charge in [-0.2, -0.15) is 4.39 Å². The van der Waals surface area contributed by atoms with Gasteiger partial charge in [0.25, 0.3) is 5.78 Å². The van der Waals surface area contributed by atoms with Crippen molar-refractivity contribution in [3.8, 4) is 11.8 Å². The van der Waals surface area contributed by atoms with Gasteiger partial charge in [-0.15, -0.1) is 5.92 Å². The highest BCUT2D eigenvalue weighted by atomic mass is 19.1. The number of nitrogens with zero attached hydrogens (tertiary/aromatic N) is 2. The minimum Gasteiger partial charge on any atom is -0.324 e. The molecule has 138 valence electrons. The Labute approximate surface area is 151 Å². The largest absolute Gasteiger partial charge is 0.353 e. The third kappa shape index (κ3) is 3.83. The summed E-state index contributed by atoms with van der Waals surface area (Å²) in [7, 11) is 2.47. The van der Waals surface area contributed by atoms with Crippen LogP contribution in [0.3, 0.4) is 0 Å². The fourth-order valence-electron chi connectivity index (χ4n) is 2.54. The van der Waals surface area contributed by atoms with Crippen LogP contribution in [0.1, 0.15) is 35.9 Å². The van der Waals surface area contributed by atoms with E-state index in [0.717, 1.165) is 5.56 Å². The lowest BCUT2D eigenvalue weighted by Crippen LogP contribution is -2.47. The number of halogens is 1. The van der Waals surface area contributed by atoms with Crippen molar-refractivity contribution in [1.82, 2.24) is 9.55 Å². The molecule has 26 heavy (non-hydrogen) atoms. The topological polar surface area (TPSA) is 62.6 Å². The van der Waals surface area contributed by atoms with Gasteiger partial charge in [-0.3, -0.25) is 4.79 Å². The second-order valence-corrected chi connectivity index (χ2v) is 5.39. The smallest absolute Gasteiger partial charge is 0.324 e. The second kappa shape index (κ2) is 8.72. The number of carbonyl (C=O) groups excluding carboxylic acids is 1. The summed E-state index contributed by atoms with van der Waals surface area (Å²) in [4.78, 5) is 16.7. The number of benzene rings is 1. The van der Waals surface area contributed by atoms with E-state index in [9.17, 15) is 9.18 Å². The summed E-state index contributed by atoms with van der Waals surface area (Å²) in [6, 6.07) is 9.02. The number of imidazole rings is 1. The zero-order chi connectivity index (χ0) is 19.2. The number of methoxy groups -OCH3 is 2. The lowest BCUT2D eigenvalue weighted by molar-refractivity contribution is -0.318. The molecule has 0 amide bonds. The fourth-order valence-corrected chi connectivity index (χ4v) is 2.54. The molecule has 0 radical (unpaired) electrons. The van der Waals surface area contributed by atoms with Gasteiger partial charge in [0.1, 0.15) is 6.61 Å². The van der Waals surface area contributed by atoms with Gasteiger partial charge in [-0.1, -0.05) is 36.3 Å². The Morgan fingerprint density at radius 2 is 1.96 bits per heavy atom. The van der Waals surface area contributed by atoms with Gasteiger partial charge in [0.05, 0.1) is 12.4 Å². The molecule has 2 aromatic rings. The van der Waals surface area contributed by atoms with E-state index in [0.29, 0.717) is 0 Å². The summed E-state index contributed by atoms with van der Waals surface area (Å²) in [5.74, 6) is 1.41. The molecule has 0 spiro atoms. The molecule has 2 rings (SSSR count). The monoisotopic (exact) mass is 360 g/mol. The van der Waals surface area contributed by atoms with Crippen molar-refractivity contribution in [3.05, 3.63) is 53.9 Å². The number of ketones is 1. The van der Waals surface area contributed by atoms with E-state index in [-0.39, 0.29) is 18.3 Å². The van der Waals surface area contributed by atoms with Gasteiger partial charge in [0, 0.05) is 14.2 Å². The maximum Gasteiger partial charge on any atom is 0.353 e. The first kappa shape index (κ1) is 19.8. The number of hydrogen-bond acceptors (Lipinski definition) is 5. The molecule has 0 fully saturated rings. The number of hydrogen-bond donors (Lipinski definition) is 0. The fraction of sp³-hybridized carbons (Fsp3) is 0.368. The molecule has 0 unspecified atom stereocenters. The number of ether oxygens (including phenoxy) is 3. The summed E-state index contributed by atoms with van der Waals surface area (Å²) < 4.78 is 31.5. The Morgan fingerprint density at radius 3 is 2.54 bits per heavy atom. The summed E-state index contributed by atoms with van der Waals surface area (Å²) >= 11 is 0. The minimum atomic E-state index is -2.11. The van der Waals surface area contributed by atoms with Gasteiger partial charge >= 0.3 is 5.97 Å². The van der Waals surface area contributed by atoms with Crippen molar-refractivity contribution >= 4 is 5.78 Å². The van der Waals surface area contributed by atoms with E-state index < -0.39 is 17.7 Å². The third-order valence-corrected chi connectivity index (χ3v) is 3.99. The molecule has 0 N–H and O–H groups in total. The molecule has 0 bridgehead atoms. The molecular formula is C19H21FN2O4. The molecule has 1 heterocycles. The van der Waals surface area contributed by atoms with Crippen LogP contribution in [0.4, 0.5) is 4.39 Å². The SMILES string of the molecule is CC#CCOC(OC)(OC)C(=O)c1c(F)ncn1[C@H](C)c1ccccc1. The van der Waals surface area contributed by atoms with Crippen LogP contribution in [0.15, 0.2) is 36.7 Å². The van der Waals surface area contributed by atoms with Crippen LogP contribution in [0, 0.1) is 17.8 Å². The van der Waals surface area contributed by atoms with Crippen LogP contribution in [-0.2, 0) is 14.2 Å². The molecular weight excluding hydrogens is 339 g/mol. The lowest BCUT2D eigenvalue weighted by atomic mass is 10.1. The van der Waals surface area contributed by atoms with Crippen molar-refractivity contribution in [2.45, 2.75) is 25.9 Å². The number of aromatic nitrogens is 2. The van der Waals surface area contributed by atoms with E-state index >= 15 is 0 Å². The molecule has 7 heteroatoms. The van der Waals surface area contributed by atoms with E-state index in [1.807, 2.05) is 37.3 Å². The van der Waals surface area contributed by atoms with Crippen LogP contribution in [-0.4, -0.2) is 42.1 Å². The highest BCUT2D eigenvalue weighted by Gasteiger charge is 2.45. The standard InChI is InChI=1S/C19H21FN2O4/c1-5-6-12-26-19(24-3,25-4)17(23)16-18(20)21-13-22(16)14(2)15-10-8-7-9-11-15/h7-11,13-14H,12H2,1-4H3/t14-/m1/s1. The molecule has 0 aliphatic rings.